The fourth-order valence-corrected chi connectivity index (χ4v) is 5.41. The van der Waals surface area contributed by atoms with Gasteiger partial charge in [-0.3, -0.25) is 14.6 Å². The standard InChI is InChI=1S/C25H23FN4O2S/c1-25(2)11-17-19(18(31)12-25)20(16-9-5-6-10-27-16)21-22(28-17)29-24(30-23(21)32)33-13-14-7-3-4-8-15(14)26/h3-10,20H,11-13H2,1-2H3,(H2,28,29,30,32). The van der Waals surface area contributed by atoms with Crippen LogP contribution in [0.1, 0.15) is 49.4 Å². The van der Waals surface area contributed by atoms with Gasteiger partial charge in [-0.2, -0.15) is 0 Å². The Balaban J connectivity index is 1.58. The number of allylic oxidation sites excluding steroid dienone is 2. The third kappa shape index (κ3) is 4.11. The van der Waals surface area contributed by atoms with Crippen molar-refractivity contribution in [2.75, 3.05) is 5.32 Å². The SMILES string of the molecule is CC1(C)CC(=O)C2=C(C1)Nc1nc(SCc3ccccc3F)[nH]c(=O)c1C2c1ccccn1. The van der Waals surface area contributed by atoms with Gasteiger partial charge in [0.25, 0.3) is 5.56 Å². The van der Waals surface area contributed by atoms with E-state index in [2.05, 4.69) is 34.1 Å². The number of hydrogen-bond donors (Lipinski definition) is 2. The molecular weight excluding hydrogens is 439 g/mol. The first-order valence-electron chi connectivity index (χ1n) is 10.8. The zero-order valence-corrected chi connectivity index (χ0v) is 19.1. The van der Waals surface area contributed by atoms with Gasteiger partial charge >= 0.3 is 0 Å². The number of carbonyl (C=O) groups is 1. The number of fused-ring (bicyclic) bond motifs is 1. The molecular formula is C25H23FN4O2S. The van der Waals surface area contributed by atoms with Crippen molar-refractivity contribution in [2.24, 2.45) is 5.41 Å². The number of thioether (sulfide) groups is 1. The van der Waals surface area contributed by atoms with Gasteiger partial charge in [0, 0.05) is 29.6 Å². The van der Waals surface area contributed by atoms with Crippen molar-refractivity contribution in [2.45, 2.75) is 43.5 Å². The molecule has 1 aliphatic carbocycles. The molecule has 168 valence electrons. The summed E-state index contributed by atoms with van der Waals surface area (Å²) >= 11 is 1.26. The van der Waals surface area contributed by atoms with Crippen LogP contribution in [0.3, 0.4) is 0 Å². The molecule has 2 aliphatic rings. The first kappa shape index (κ1) is 21.6. The van der Waals surface area contributed by atoms with Crippen molar-refractivity contribution in [3.63, 3.8) is 0 Å². The van der Waals surface area contributed by atoms with Gasteiger partial charge in [-0.15, -0.1) is 0 Å². The minimum Gasteiger partial charge on any atom is -0.343 e. The van der Waals surface area contributed by atoms with Crippen LogP contribution in [0.25, 0.3) is 0 Å². The van der Waals surface area contributed by atoms with Crippen molar-refractivity contribution < 1.29 is 9.18 Å². The lowest BCUT2D eigenvalue weighted by Crippen LogP contribution is -2.37. The third-order valence-corrected chi connectivity index (χ3v) is 6.93. The number of anilines is 1. The first-order valence-corrected chi connectivity index (χ1v) is 11.8. The van der Waals surface area contributed by atoms with E-state index in [0.29, 0.717) is 52.0 Å². The molecule has 0 saturated heterocycles. The number of H-pyrrole nitrogens is 1. The average molecular weight is 463 g/mol. The second kappa shape index (κ2) is 8.26. The molecule has 8 heteroatoms. The zero-order chi connectivity index (χ0) is 23.2. The van der Waals surface area contributed by atoms with Gasteiger partial charge in [0.15, 0.2) is 10.9 Å². The zero-order valence-electron chi connectivity index (χ0n) is 18.3. The summed E-state index contributed by atoms with van der Waals surface area (Å²) in [6, 6.07) is 12.0. The Labute approximate surface area is 194 Å². The number of pyridine rings is 1. The van der Waals surface area contributed by atoms with E-state index in [0.717, 1.165) is 5.70 Å². The molecule has 0 saturated carbocycles. The van der Waals surface area contributed by atoms with E-state index in [1.54, 1.807) is 30.5 Å². The number of aromatic amines is 1. The number of nitrogens with one attached hydrogen (secondary N) is 2. The number of benzene rings is 1. The maximum Gasteiger partial charge on any atom is 0.257 e. The number of aromatic nitrogens is 3. The number of hydrogen-bond acceptors (Lipinski definition) is 6. The normalized spacial score (nSPS) is 19.0. The molecule has 1 aromatic carbocycles. The lowest BCUT2D eigenvalue weighted by Gasteiger charge is -2.38. The summed E-state index contributed by atoms with van der Waals surface area (Å²) in [7, 11) is 0. The van der Waals surface area contributed by atoms with Gasteiger partial charge in [-0.1, -0.05) is 49.9 Å². The Morgan fingerprint density at radius 3 is 2.67 bits per heavy atom. The number of halogens is 1. The predicted molar refractivity (Wildman–Crippen MR) is 126 cm³/mol. The Bertz CT molecular complexity index is 1330. The van der Waals surface area contributed by atoms with Gasteiger partial charge in [0.2, 0.25) is 0 Å². The van der Waals surface area contributed by atoms with Crippen LogP contribution in [0.4, 0.5) is 10.2 Å². The number of Topliss-reactive ketones (excluding diaryl/α,β-unsaturated/α-hetero) is 1. The molecule has 0 radical (unpaired) electrons. The summed E-state index contributed by atoms with van der Waals surface area (Å²) in [5.74, 6) is -0.0983. The molecule has 0 amide bonds. The Hall–Kier alpha value is -3.26. The van der Waals surface area contributed by atoms with Crippen LogP contribution in [0.15, 0.2) is 69.9 Å². The summed E-state index contributed by atoms with van der Waals surface area (Å²) in [4.78, 5) is 38.4. The highest BCUT2D eigenvalue weighted by Gasteiger charge is 2.42. The van der Waals surface area contributed by atoms with E-state index in [1.165, 1.54) is 17.8 Å². The number of nitrogens with zero attached hydrogens (tertiary/aromatic N) is 2. The fourth-order valence-electron chi connectivity index (χ4n) is 4.57. The topological polar surface area (TPSA) is 87.7 Å². The van der Waals surface area contributed by atoms with Crippen molar-refractivity contribution in [1.82, 2.24) is 15.0 Å². The van der Waals surface area contributed by atoms with E-state index in [4.69, 9.17) is 0 Å². The van der Waals surface area contributed by atoms with Crippen molar-refractivity contribution >= 4 is 23.4 Å². The van der Waals surface area contributed by atoms with E-state index in [9.17, 15) is 14.0 Å². The van der Waals surface area contributed by atoms with Gasteiger partial charge in [0.05, 0.1) is 17.2 Å². The number of carbonyl (C=O) groups excluding carboxylic acids is 1. The van der Waals surface area contributed by atoms with Crippen molar-refractivity contribution in [3.8, 4) is 0 Å². The maximum atomic E-state index is 14.0. The summed E-state index contributed by atoms with van der Waals surface area (Å²) in [6.45, 7) is 4.12. The molecule has 2 N–H and O–H groups in total. The Morgan fingerprint density at radius 1 is 1.12 bits per heavy atom. The van der Waals surface area contributed by atoms with Crippen LogP contribution >= 0.6 is 11.8 Å². The lowest BCUT2D eigenvalue weighted by molar-refractivity contribution is -0.118. The summed E-state index contributed by atoms with van der Waals surface area (Å²) in [5, 5.41) is 3.68. The minimum absolute atomic E-state index is 0.0208. The minimum atomic E-state index is -0.581. The van der Waals surface area contributed by atoms with E-state index in [1.807, 2.05) is 12.1 Å². The molecule has 33 heavy (non-hydrogen) atoms. The first-order chi connectivity index (χ1) is 15.8. The summed E-state index contributed by atoms with van der Waals surface area (Å²) in [5.41, 5.74) is 2.42. The maximum absolute atomic E-state index is 14.0. The second-order valence-electron chi connectivity index (χ2n) is 9.16. The van der Waals surface area contributed by atoms with Crippen molar-refractivity contribution in [1.29, 1.82) is 0 Å². The van der Waals surface area contributed by atoms with Crippen LogP contribution in [0, 0.1) is 11.2 Å². The fraction of sp³-hybridized carbons (Fsp3) is 0.280. The van der Waals surface area contributed by atoms with Crippen LogP contribution in [-0.2, 0) is 10.5 Å². The molecule has 0 fully saturated rings. The largest absolute Gasteiger partial charge is 0.343 e. The van der Waals surface area contributed by atoms with Gasteiger partial charge in [0.1, 0.15) is 11.6 Å². The molecule has 3 heterocycles. The molecule has 1 unspecified atom stereocenters. The highest BCUT2D eigenvalue weighted by Crippen LogP contribution is 2.47. The Kier molecular flexibility index (Phi) is 5.40. The van der Waals surface area contributed by atoms with E-state index >= 15 is 0 Å². The van der Waals surface area contributed by atoms with Crippen molar-refractivity contribution in [3.05, 3.63) is 92.9 Å². The third-order valence-electron chi connectivity index (χ3n) is 6.01. The van der Waals surface area contributed by atoms with Crippen LogP contribution in [-0.4, -0.2) is 20.7 Å². The molecule has 0 bridgehead atoms. The molecule has 0 spiro atoms. The lowest BCUT2D eigenvalue weighted by atomic mass is 9.70. The van der Waals surface area contributed by atoms with E-state index in [-0.39, 0.29) is 22.6 Å². The molecule has 1 atom stereocenters. The van der Waals surface area contributed by atoms with E-state index < -0.39 is 5.92 Å². The van der Waals surface area contributed by atoms with Gasteiger partial charge in [-0.25, -0.2) is 9.37 Å². The highest BCUT2D eigenvalue weighted by molar-refractivity contribution is 7.98. The van der Waals surface area contributed by atoms with Crippen LogP contribution < -0.4 is 10.9 Å². The molecule has 2 aromatic heterocycles. The Morgan fingerprint density at radius 2 is 1.91 bits per heavy atom. The molecule has 5 rings (SSSR count). The van der Waals surface area contributed by atoms with Crippen LogP contribution in [0.5, 0.6) is 0 Å². The highest BCUT2D eigenvalue weighted by atomic mass is 32.2. The smallest absolute Gasteiger partial charge is 0.257 e. The number of rotatable bonds is 4. The quantitative estimate of drug-likeness (QED) is 0.428. The monoisotopic (exact) mass is 462 g/mol. The summed E-state index contributed by atoms with van der Waals surface area (Å²) in [6.07, 6.45) is 2.74. The van der Waals surface area contributed by atoms with Gasteiger partial charge in [-0.05, 0) is 35.6 Å². The molecule has 3 aromatic rings. The molecule has 6 nitrogen and oxygen atoms in total. The second-order valence-corrected chi connectivity index (χ2v) is 10.1. The number of ketones is 1. The van der Waals surface area contributed by atoms with Gasteiger partial charge < -0.3 is 10.3 Å². The van der Waals surface area contributed by atoms with Crippen LogP contribution in [0.2, 0.25) is 0 Å². The summed E-state index contributed by atoms with van der Waals surface area (Å²) < 4.78 is 14.0. The molecule has 1 aliphatic heterocycles. The average Bonchev–Trinajstić information content (AvgIpc) is 2.77. The predicted octanol–water partition coefficient (Wildman–Crippen LogP) is 4.80.